The summed E-state index contributed by atoms with van der Waals surface area (Å²) in [5.41, 5.74) is 3.05. The van der Waals surface area contributed by atoms with E-state index in [0.717, 1.165) is 16.1 Å². The molecule has 1 aromatic carbocycles. The molecule has 7 nitrogen and oxygen atoms in total. The average molecular weight is 496 g/mol. The lowest BCUT2D eigenvalue weighted by molar-refractivity contribution is -0.152. The van der Waals surface area contributed by atoms with Crippen molar-refractivity contribution in [3.63, 3.8) is 0 Å². The number of hydrogen-bond acceptors (Lipinski definition) is 8. The van der Waals surface area contributed by atoms with Crippen molar-refractivity contribution in [3.8, 4) is 5.75 Å². The molecule has 0 saturated carbocycles. The molecule has 0 unspecified atom stereocenters. The van der Waals surface area contributed by atoms with Gasteiger partial charge in [0, 0.05) is 27.8 Å². The lowest BCUT2D eigenvalue weighted by atomic mass is 9.68. The molecule has 0 spiro atoms. The Morgan fingerprint density at radius 1 is 1.09 bits per heavy atom. The number of rotatable bonds is 7. The van der Waals surface area contributed by atoms with Crippen molar-refractivity contribution in [2.45, 2.75) is 39.0 Å². The van der Waals surface area contributed by atoms with E-state index in [9.17, 15) is 14.4 Å². The zero-order valence-corrected chi connectivity index (χ0v) is 21.1. The summed E-state index contributed by atoms with van der Waals surface area (Å²) < 4.78 is 16.0. The Hall–Kier alpha value is -3.39. The fraction of sp³-hybridized carbons (Fsp3) is 0.370. The normalized spacial score (nSPS) is 21.8. The highest BCUT2D eigenvalue weighted by Crippen LogP contribution is 2.49. The number of benzene rings is 1. The molecule has 0 saturated heterocycles. The second-order valence-electron chi connectivity index (χ2n) is 8.40. The summed E-state index contributed by atoms with van der Waals surface area (Å²) in [7, 11) is 1.59. The van der Waals surface area contributed by atoms with Gasteiger partial charge in [0.25, 0.3) is 0 Å². The first-order valence-corrected chi connectivity index (χ1v) is 12.5. The molecule has 0 fully saturated rings. The van der Waals surface area contributed by atoms with Crippen LogP contribution in [0, 0.1) is 5.92 Å². The zero-order chi connectivity index (χ0) is 25.1. The highest BCUT2D eigenvalue weighted by atomic mass is 32.1. The van der Waals surface area contributed by atoms with Crippen LogP contribution in [-0.2, 0) is 23.9 Å². The number of nitrogens with one attached hydrogen (secondary N) is 1. The van der Waals surface area contributed by atoms with Gasteiger partial charge in [-0.3, -0.25) is 9.59 Å². The topological polar surface area (TPSA) is 90.9 Å². The molecule has 184 valence electrons. The van der Waals surface area contributed by atoms with Crippen molar-refractivity contribution in [1.82, 2.24) is 5.32 Å². The maximum Gasteiger partial charge on any atom is 0.336 e. The number of dihydropyridines is 1. The third kappa shape index (κ3) is 4.62. The predicted octanol–water partition coefficient (Wildman–Crippen LogP) is 4.47. The number of methoxy groups -OCH3 is 1. The van der Waals surface area contributed by atoms with Crippen LogP contribution < -0.4 is 10.1 Å². The Balaban J connectivity index is 1.85. The average Bonchev–Trinajstić information content (AvgIpc) is 3.38. The lowest BCUT2D eigenvalue weighted by Crippen LogP contribution is -2.43. The second-order valence-corrected chi connectivity index (χ2v) is 9.38. The standard InChI is InChI=1S/C27H29NO6S/c1-5-33-26(30)21-15(3)28-19-14-18(16-9-11-17(32-4)12-10-16)22(27(31)34-6-2)25(29)23(19)24(21)20-8-7-13-35-20/h7-13,18,22,24,28H,5-6,14H2,1-4H3/t18-,22+,24+/m0/s1. The summed E-state index contributed by atoms with van der Waals surface area (Å²) in [6.45, 7) is 5.68. The van der Waals surface area contributed by atoms with Crippen LogP contribution in [0.25, 0.3) is 0 Å². The quantitative estimate of drug-likeness (QED) is 0.448. The van der Waals surface area contributed by atoms with Gasteiger partial charge < -0.3 is 19.5 Å². The summed E-state index contributed by atoms with van der Waals surface area (Å²) >= 11 is 1.46. The van der Waals surface area contributed by atoms with Crippen LogP contribution in [0.1, 0.15) is 49.5 Å². The van der Waals surface area contributed by atoms with Crippen molar-refractivity contribution < 1.29 is 28.6 Å². The fourth-order valence-electron chi connectivity index (χ4n) is 4.92. The summed E-state index contributed by atoms with van der Waals surface area (Å²) in [6.07, 6.45) is 0.423. The fourth-order valence-corrected chi connectivity index (χ4v) is 5.76. The first-order chi connectivity index (χ1) is 16.9. The first-order valence-electron chi connectivity index (χ1n) is 11.7. The van der Waals surface area contributed by atoms with E-state index >= 15 is 0 Å². The summed E-state index contributed by atoms with van der Waals surface area (Å²) in [5.74, 6) is -2.71. The molecule has 2 aliphatic rings. The van der Waals surface area contributed by atoms with E-state index in [2.05, 4.69) is 5.32 Å². The second kappa shape index (κ2) is 10.5. The summed E-state index contributed by atoms with van der Waals surface area (Å²) in [5, 5.41) is 5.22. The van der Waals surface area contributed by atoms with Gasteiger partial charge in [-0.05, 0) is 56.3 Å². The van der Waals surface area contributed by atoms with E-state index in [-0.39, 0.29) is 19.0 Å². The van der Waals surface area contributed by atoms with E-state index in [1.807, 2.05) is 48.7 Å². The largest absolute Gasteiger partial charge is 0.497 e. The number of allylic oxidation sites excluding steroid dienone is 3. The molecule has 1 aliphatic heterocycles. The van der Waals surface area contributed by atoms with Gasteiger partial charge in [-0.1, -0.05) is 18.2 Å². The Kier molecular flexibility index (Phi) is 7.40. The van der Waals surface area contributed by atoms with Crippen LogP contribution in [-0.4, -0.2) is 38.0 Å². The number of hydrogen-bond donors (Lipinski definition) is 1. The van der Waals surface area contributed by atoms with Crippen molar-refractivity contribution in [1.29, 1.82) is 0 Å². The minimum atomic E-state index is -1.02. The molecule has 3 atom stereocenters. The number of esters is 2. The maximum absolute atomic E-state index is 14.1. The molecule has 2 heterocycles. The molecule has 2 aromatic rings. The van der Waals surface area contributed by atoms with Crippen LogP contribution in [0.3, 0.4) is 0 Å². The van der Waals surface area contributed by atoms with Crippen LogP contribution in [0.4, 0.5) is 0 Å². The van der Waals surface area contributed by atoms with Crippen LogP contribution in [0.5, 0.6) is 5.75 Å². The molecular weight excluding hydrogens is 466 g/mol. The Bertz CT molecular complexity index is 1180. The van der Waals surface area contributed by atoms with Gasteiger partial charge in [0.15, 0.2) is 5.78 Å². The summed E-state index contributed by atoms with van der Waals surface area (Å²) in [6, 6.07) is 11.2. The third-order valence-corrected chi connectivity index (χ3v) is 7.36. The maximum atomic E-state index is 14.1. The molecule has 1 aliphatic carbocycles. The zero-order valence-electron chi connectivity index (χ0n) is 20.3. The van der Waals surface area contributed by atoms with Crippen molar-refractivity contribution in [2.75, 3.05) is 20.3 Å². The third-order valence-electron chi connectivity index (χ3n) is 6.43. The smallest absolute Gasteiger partial charge is 0.336 e. The SMILES string of the molecule is CCOC(=O)C1=C(C)NC2=C(C(=O)[C@H](C(=O)OCC)[C@H](c3ccc(OC)cc3)C2)[C@@H]1c1cccs1. The summed E-state index contributed by atoms with van der Waals surface area (Å²) in [4.78, 5) is 41.1. The van der Waals surface area contributed by atoms with Gasteiger partial charge in [-0.15, -0.1) is 11.3 Å². The molecule has 35 heavy (non-hydrogen) atoms. The highest BCUT2D eigenvalue weighted by Gasteiger charge is 2.49. The minimum absolute atomic E-state index is 0.170. The van der Waals surface area contributed by atoms with E-state index in [1.54, 1.807) is 21.0 Å². The molecule has 0 radical (unpaired) electrons. The molecule has 4 rings (SSSR count). The van der Waals surface area contributed by atoms with E-state index in [1.165, 1.54) is 11.3 Å². The number of ketones is 1. The van der Waals surface area contributed by atoms with E-state index in [4.69, 9.17) is 14.2 Å². The molecule has 8 heteroatoms. The van der Waals surface area contributed by atoms with Crippen LogP contribution in [0.2, 0.25) is 0 Å². The van der Waals surface area contributed by atoms with E-state index < -0.39 is 29.7 Å². The van der Waals surface area contributed by atoms with Gasteiger partial charge in [-0.2, -0.15) is 0 Å². The van der Waals surface area contributed by atoms with Crippen LogP contribution in [0.15, 0.2) is 64.3 Å². The van der Waals surface area contributed by atoms with Crippen molar-refractivity contribution in [3.05, 3.63) is 74.8 Å². The Labute approximate surface area is 208 Å². The first kappa shape index (κ1) is 24.7. The number of Topliss-reactive ketones (excluding diaryl/α,β-unsaturated/α-hetero) is 1. The highest BCUT2D eigenvalue weighted by molar-refractivity contribution is 7.10. The predicted molar refractivity (Wildman–Crippen MR) is 132 cm³/mol. The number of carbonyl (C=O) groups excluding carboxylic acids is 3. The van der Waals surface area contributed by atoms with Crippen molar-refractivity contribution >= 4 is 29.1 Å². The van der Waals surface area contributed by atoms with Crippen molar-refractivity contribution in [2.24, 2.45) is 5.92 Å². The molecular formula is C27H29NO6S. The van der Waals surface area contributed by atoms with Gasteiger partial charge in [0.1, 0.15) is 11.7 Å². The van der Waals surface area contributed by atoms with Gasteiger partial charge in [0.05, 0.1) is 31.8 Å². The number of thiophene rings is 1. The Morgan fingerprint density at radius 3 is 2.40 bits per heavy atom. The molecule has 1 N–H and O–H groups in total. The molecule has 0 amide bonds. The number of carbonyl (C=O) groups is 3. The van der Waals surface area contributed by atoms with Crippen LogP contribution >= 0.6 is 11.3 Å². The van der Waals surface area contributed by atoms with Gasteiger partial charge in [-0.25, -0.2) is 4.79 Å². The van der Waals surface area contributed by atoms with Gasteiger partial charge >= 0.3 is 11.9 Å². The lowest BCUT2D eigenvalue weighted by Gasteiger charge is -2.39. The molecule has 0 bridgehead atoms. The van der Waals surface area contributed by atoms with Gasteiger partial charge in [0.2, 0.25) is 0 Å². The minimum Gasteiger partial charge on any atom is -0.497 e. The molecule has 1 aromatic heterocycles. The van der Waals surface area contributed by atoms with E-state index in [0.29, 0.717) is 29.0 Å². The number of ether oxygens (including phenoxy) is 3. The monoisotopic (exact) mass is 495 g/mol. The Morgan fingerprint density at radius 2 is 1.80 bits per heavy atom.